The van der Waals surface area contributed by atoms with Gasteiger partial charge < -0.3 is 14.6 Å². The number of methoxy groups -OCH3 is 1. The molecule has 1 aromatic carbocycles. The molecule has 4 nitrogen and oxygen atoms in total. The fourth-order valence-corrected chi connectivity index (χ4v) is 2.51. The average molecular weight is 265 g/mol. The SMILES string of the molecule is COc1ccc(OCCN2CCCCC2CO)cc1. The van der Waals surface area contributed by atoms with Crippen molar-refractivity contribution in [1.82, 2.24) is 4.90 Å². The monoisotopic (exact) mass is 265 g/mol. The van der Waals surface area contributed by atoms with E-state index < -0.39 is 0 Å². The van der Waals surface area contributed by atoms with E-state index in [4.69, 9.17) is 9.47 Å². The Morgan fingerprint density at radius 2 is 1.95 bits per heavy atom. The zero-order valence-corrected chi connectivity index (χ0v) is 11.5. The Hall–Kier alpha value is -1.26. The Bertz CT molecular complexity index is 366. The van der Waals surface area contributed by atoms with Gasteiger partial charge >= 0.3 is 0 Å². The van der Waals surface area contributed by atoms with Crippen LogP contribution in [0.15, 0.2) is 24.3 Å². The highest BCUT2D eigenvalue weighted by Gasteiger charge is 2.20. The van der Waals surface area contributed by atoms with Crippen LogP contribution in [0.2, 0.25) is 0 Å². The van der Waals surface area contributed by atoms with Gasteiger partial charge in [-0.2, -0.15) is 0 Å². The molecule has 0 aromatic heterocycles. The number of rotatable bonds is 6. The van der Waals surface area contributed by atoms with Crippen molar-refractivity contribution in [2.45, 2.75) is 25.3 Å². The number of benzene rings is 1. The van der Waals surface area contributed by atoms with Crippen LogP contribution < -0.4 is 9.47 Å². The maximum absolute atomic E-state index is 9.34. The summed E-state index contributed by atoms with van der Waals surface area (Å²) in [5.41, 5.74) is 0. The molecule has 0 aliphatic carbocycles. The number of hydrogen-bond donors (Lipinski definition) is 1. The average Bonchev–Trinajstić information content (AvgIpc) is 2.48. The molecule has 1 aromatic rings. The van der Waals surface area contributed by atoms with E-state index in [0.29, 0.717) is 12.6 Å². The van der Waals surface area contributed by atoms with Crippen LogP contribution in [0.5, 0.6) is 11.5 Å². The smallest absolute Gasteiger partial charge is 0.119 e. The van der Waals surface area contributed by atoms with Crippen molar-refractivity contribution in [2.24, 2.45) is 0 Å². The number of piperidine rings is 1. The van der Waals surface area contributed by atoms with Crippen LogP contribution in [0.1, 0.15) is 19.3 Å². The van der Waals surface area contributed by atoms with Gasteiger partial charge in [0.1, 0.15) is 18.1 Å². The fourth-order valence-electron chi connectivity index (χ4n) is 2.51. The fraction of sp³-hybridized carbons (Fsp3) is 0.600. The summed E-state index contributed by atoms with van der Waals surface area (Å²) in [5.74, 6) is 1.70. The standard InChI is InChI=1S/C15H23NO3/c1-18-14-5-7-15(8-6-14)19-11-10-16-9-3-2-4-13(16)12-17/h5-8,13,17H,2-4,9-12H2,1H3. The number of aliphatic hydroxyl groups excluding tert-OH is 1. The first-order valence-electron chi connectivity index (χ1n) is 6.95. The van der Waals surface area contributed by atoms with Gasteiger partial charge in [0.15, 0.2) is 0 Å². The van der Waals surface area contributed by atoms with E-state index in [9.17, 15) is 5.11 Å². The molecule has 1 fully saturated rings. The Morgan fingerprint density at radius 3 is 2.63 bits per heavy atom. The lowest BCUT2D eigenvalue weighted by molar-refractivity contribution is 0.0773. The highest BCUT2D eigenvalue weighted by atomic mass is 16.5. The normalized spacial score (nSPS) is 20.2. The molecule has 19 heavy (non-hydrogen) atoms. The first-order valence-corrected chi connectivity index (χ1v) is 6.95. The minimum absolute atomic E-state index is 0.253. The number of nitrogens with zero attached hydrogens (tertiary/aromatic N) is 1. The summed E-state index contributed by atoms with van der Waals surface area (Å²) in [6, 6.07) is 7.93. The number of likely N-dealkylation sites (tertiary alicyclic amines) is 1. The number of aliphatic hydroxyl groups is 1. The maximum Gasteiger partial charge on any atom is 0.119 e. The molecule has 1 unspecified atom stereocenters. The van der Waals surface area contributed by atoms with Crippen molar-refractivity contribution in [1.29, 1.82) is 0 Å². The minimum Gasteiger partial charge on any atom is -0.497 e. The molecule has 1 aliphatic rings. The summed E-state index contributed by atoms with van der Waals surface area (Å²) < 4.78 is 10.8. The third-order valence-corrected chi connectivity index (χ3v) is 3.67. The van der Waals surface area contributed by atoms with Gasteiger partial charge in [0.25, 0.3) is 0 Å². The molecule has 0 spiro atoms. The van der Waals surface area contributed by atoms with Crippen LogP contribution in [0.3, 0.4) is 0 Å². The van der Waals surface area contributed by atoms with Gasteiger partial charge in [0, 0.05) is 12.6 Å². The van der Waals surface area contributed by atoms with Crippen molar-refractivity contribution in [3.05, 3.63) is 24.3 Å². The van der Waals surface area contributed by atoms with Gasteiger partial charge in [-0.1, -0.05) is 6.42 Å². The quantitative estimate of drug-likeness (QED) is 0.853. The summed E-state index contributed by atoms with van der Waals surface area (Å²) in [7, 11) is 1.65. The first-order chi connectivity index (χ1) is 9.33. The Kier molecular flexibility index (Phi) is 5.48. The Balaban J connectivity index is 1.75. The second-order valence-electron chi connectivity index (χ2n) is 4.89. The zero-order valence-electron chi connectivity index (χ0n) is 11.5. The lowest BCUT2D eigenvalue weighted by Crippen LogP contribution is -2.43. The largest absolute Gasteiger partial charge is 0.497 e. The van der Waals surface area contributed by atoms with Crippen molar-refractivity contribution in [2.75, 3.05) is 33.4 Å². The highest BCUT2D eigenvalue weighted by molar-refractivity contribution is 5.31. The van der Waals surface area contributed by atoms with Gasteiger partial charge in [-0.25, -0.2) is 0 Å². The Morgan fingerprint density at radius 1 is 1.21 bits per heavy atom. The summed E-state index contributed by atoms with van der Waals surface area (Å²) in [6.07, 6.45) is 3.54. The lowest BCUT2D eigenvalue weighted by Gasteiger charge is -2.34. The summed E-state index contributed by atoms with van der Waals surface area (Å²) in [6.45, 7) is 2.85. The third kappa shape index (κ3) is 4.11. The molecule has 1 heterocycles. The van der Waals surface area contributed by atoms with Gasteiger partial charge in [0.05, 0.1) is 13.7 Å². The first kappa shape index (κ1) is 14.2. The minimum atomic E-state index is 0.253. The van der Waals surface area contributed by atoms with Gasteiger partial charge in [-0.15, -0.1) is 0 Å². The maximum atomic E-state index is 9.34. The predicted octanol–water partition coefficient (Wildman–Crippen LogP) is 1.92. The van der Waals surface area contributed by atoms with E-state index >= 15 is 0 Å². The molecule has 0 bridgehead atoms. The number of hydrogen-bond acceptors (Lipinski definition) is 4. The van der Waals surface area contributed by atoms with Crippen LogP contribution in [0.25, 0.3) is 0 Å². The lowest BCUT2D eigenvalue weighted by atomic mass is 10.0. The van der Waals surface area contributed by atoms with Crippen LogP contribution in [-0.4, -0.2) is 49.5 Å². The second-order valence-corrected chi connectivity index (χ2v) is 4.89. The molecule has 1 N–H and O–H groups in total. The van der Waals surface area contributed by atoms with Crippen LogP contribution >= 0.6 is 0 Å². The summed E-state index contributed by atoms with van der Waals surface area (Å²) in [5, 5.41) is 9.34. The van der Waals surface area contributed by atoms with Crippen molar-refractivity contribution in [3.63, 3.8) is 0 Å². The molecular weight excluding hydrogens is 242 g/mol. The van der Waals surface area contributed by atoms with E-state index in [0.717, 1.165) is 31.0 Å². The predicted molar refractivity (Wildman–Crippen MR) is 74.8 cm³/mol. The molecule has 106 valence electrons. The highest BCUT2D eigenvalue weighted by Crippen LogP contribution is 2.18. The molecule has 2 rings (SSSR count). The van der Waals surface area contributed by atoms with Crippen LogP contribution in [0, 0.1) is 0 Å². The number of ether oxygens (including phenoxy) is 2. The molecule has 0 radical (unpaired) electrons. The molecule has 4 heteroatoms. The molecule has 1 aliphatic heterocycles. The molecule has 1 atom stereocenters. The summed E-state index contributed by atoms with van der Waals surface area (Å²) >= 11 is 0. The molecule has 0 saturated carbocycles. The van der Waals surface area contributed by atoms with Crippen LogP contribution in [-0.2, 0) is 0 Å². The van der Waals surface area contributed by atoms with Gasteiger partial charge in [-0.05, 0) is 43.7 Å². The van der Waals surface area contributed by atoms with Gasteiger partial charge in [-0.3, -0.25) is 4.90 Å². The zero-order chi connectivity index (χ0) is 13.5. The Labute approximate surface area is 114 Å². The third-order valence-electron chi connectivity index (χ3n) is 3.67. The molecule has 0 amide bonds. The van der Waals surface area contributed by atoms with Gasteiger partial charge in [0.2, 0.25) is 0 Å². The summed E-state index contributed by atoms with van der Waals surface area (Å²) in [4.78, 5) is 2.33. The van der Waals surface area contributed by atoms with Crippen molar-refractivity contribution < 1.29 is 14.6 Å². The van der Waals surface area contributed by atoms with E-state index in [1.54, 1.807) is 7.11 Å². The topological polar surface area (TPSA) is 41.9 Å². The van der Waals surface area contributed by atoms with E-state index in [2.05, 4.69) is 4.90 Å². The van der Waals surface area contributed by atoms with E-state index in [1.807, 2.05) is 24.3 Å². The molecule has 1 saturated heterocycles. The second kappa shape index (κ2) is 7.36. The van der Waals surface area contributed by atoms with Crippen molar-refractivity contribution in [3.8, 4) is 11.5 Å². The van der Waals surface area contributed by atoms with Crippen molar-refractivity contribution >= 4 is 0 Å². The van der Waals surface area contributed by atoms with Crippen LogP contribution in [0.4, 0.5) is 0 Å². The van der Waals surface area contributed by atoms with E-state index in [-0.39, 0.29) is 6.61 Å². The van der Waals surface area contributed by atoms with E-state index in [1.165, 1.54) is 12.8 Å². The molecular formula is C15H23NO3.